The normalized spacial score (nSPS) is 17.5. The standard InChI is InChI=1S/C22H27F2N3O3S/c1-3-21-15-26(14-16-11-18(23)13-19(24)12-16)9-10-27(21)22(28)17-5-7-20(8-6-17)25-31(29,30)4-2/h5-8,11-13,21,25H,3-4,9-10,14-15H2,1-2H3/t21-/m0/s1. The van der Waals surface area contributed by atoms with E-state index in [1.165, 1.54) is 12.1 Å². The Balaban J connectivity index is 1.66. The molecule has 0 saturated carbocycles. The summed E-state index contributed by atoms with van der Waals surface area (Å²) in [6, 6.07) is 9.87. The number of halogens is 2. The van der Waals surface area contributed by atoms with Gasteiger partial charge in [0.15, 0.2) is 0 Å². The number of amides is 1. The third kappa shape index (κ3) is 6.01. The predicted molar refractivity (Wildman–Crippen MR) is 116 cm³/mol. The lowest BCUT2D eigenvalue weighted by Gasteiger charge is -2.41. The van der Waals surface area contributed by atoms with E-state index in [4.69, 9.17) is 0 Å². The maximum absolute atomic E-state index is 13.5. The summed E-state index contributed by atoms with van der Waals surface area (Å²) < 4.78 is 52.8. The number of hydrogen-bond donors (Lipinski definition) is 1. The van der Waals surface area contributed by atoms with Crippen LogP contribution in [0.5, 0.6) is 0 Å². The second-order valence-electron chi connectivity index (χ2n) is 7.66. The van der Waals surface area contributed by atoms with E-state index in [9.17, 15) is 22.0 Å². The zero-order chi connectivity index (χ0) is 22.6. The summed E-state index contributed by atoms with van der Waals surface area (Å²) in [7, 11) is -3.37. The number of nitrogens with one attached hydrogen (secondary N) is 1. The lowest BCUT2D eigenvalue weighted by molar-refractivity contribution is 0.0430. The van der Waals surface area contributed by atoms with Crippen molar-refractivity contribution in [2.24, 2.45) is 0 Å². The molecular formula is C22H27F2N3O3S. The Labute approximate surface area is 181 Å². The fraction of sp³-hybridized carbons (Fsp3) is 0.409. The van der Waals surface area contributed by atoms with Gasteiger partial charge in [-0.3, -0.25) is 14.4 Å². The van der Waals surface area contributed by atoms with Crippen molar-refractivity contribution in [2.75, 3.05) is 30.1 Å². The molecule has 1 fully saturated rings. The second-order valence-corrected chi connectivity index (χ2v) is 9.67. The number of piperazine rings is 1. The largest absolute Gasteiger partial charge is 0.333 e. The van der Waals surface area contributed by atoms with Crippen LogP contribution in [0.1, 0.15) is 36.2 Å². The maximum Gasteiger partial charge on any atom is 0.254 e. The zero-order valence-electron chi connectivity index (χ0n) is 17.6. The fourth-order valence-corrected chi connectivity index (χ4v) is 4.38. The van der Waals surface area contributed by atoms with Crippen LogP contribution >= 0.6 is 0 Å². The van der Waals surface area contributed by atoms with E-state index in [-0.39, 0.29) is 17.7 Å². The Morgan fingerprint density at radius 2 is 1.71 bits per heavy atom. The third-order valence-electron chi connectivity index (χ3n) is 5.41. The fourth-order valence-electron chi connectivity index (χ4n) is 3.74. The Morgan fingerprint density at radius 1 is 1.06 bits per heavy atom. The molecule has 1 aliphatic rings. The van der Waals surface area contributed by atoms with E-state index in [0.717, 1.165) is 12.5 Å². The van der Waals surface area contributed by atoms with Crippen LogP contribution in [0.3, 0.4) is 0 Å². The number of benzene rings is 2. The minimum atomic E-state index is -3.37. The van der Waals surface area contributed by atoms with Crippen LogP contribution in [0.25, 0.3) is 0 Å². The van der Waals surface area contributed by atoms with Gasteiger partial charge in [-0.05, 0) is 55.3 Å². The molecule has 1 heterocycles. The molecular weight excluding hydrogens is 424 g/mol. The smallest absolute Gasteiger partial charge is 0.254 e. The molecule has 1 saturated heterocycles. The first-order valence-electron chi connectivity index (χ1n) is 10.3. The van der Waals surface area contributed by atoms with E-state index in [1.54, 1.807) is 31.2 Å². The summed E-state index contributed by atoms with van der Waals surface area (Å²) in [5.74, 6) is -1.34. The van der Waals surface area contributed by atoms with E-state index in [1.807, 2.05) is 11.8 Å². The van der Waals surface area contributed by atoms with Crippen LogP contribution in [0, 0.1) is 11.6 Å². The van der Waals surface area contributed by atoms with Gasteiger partial charge in [0.1, 0.15) is 11.6 Å². The zero-order valence-corrected chi connectivity index (χ0v) is 18.5. The number of nitrogens with zero attached hydrogens (tertiary/aromatic N) is 2. The lowest BCUT2D eigenvalue weighted by Crippen LogP contribution is -2.54. The summed E-state index contributed by atoms with van der Waals surface area (Å²) >= 11 is 0. The Kier molecular flexibility index (Phi) is 7.27. The average molecular weight is 452 g/mol. The first-order valence-corrected chi connectivity index (χ1v) is 11.9. The van der Waals surface area contributed by atoms with Crippen LogP contribution < -0.4 is 4.72 Å². The number of hydrogen-bond acceptors (Lipinski definition) is 4. The molecule has 31 heavy (non-hydrogen) atoms. The molecule has 1 N–H and O–H groups in total. The number of carbonyl (C=O) groups excluding carboxylic acids is 1. The molecule has 2 aromatic carbocycles. The highest BCUT2D eigenvalue weighted by Crippen LogP contribution is 2.20. The van der Waals surface area contributed by atoms with Gasteiger partial charge in [0, 0.05) is 49.5 Å². The molecule has 9 heteroatoms. The van der Waals surface area contributed by atoms with Gasteiger partial charge in [-0.2, -0.15) is 0 Å². The van der Waals surface area contributed by atoms with E-state index < -0.39 is 21.7 Å². The first kappa shape index (κ1) is 23.1. The molecule has 0 bridgehead atoms. The van der Waals surface area contributed by atoms with Gasteiger partial charge in [0.25, 0.3) is 5.91 Å². The summed E-state index contributed by atoms with van der Waals surface area (Å²) in [5.41, 5.74) is 1.47. The minimum Gasteiger partial charge on any atom is -0.333 e. The van der Waals surface area contributed by atoms with Crippen LogP contribution in [0.4, 0.5) is 14.5 Å². The van der Waals surface area contributed by atoms with Gasteiger partial charge in [-0.15, -0.1) is 0 Å². The number of carbonyl (C=O) groups is 1. The van der Waals surface area contributed by atoms with Crippen LogP contribution in [-0.2, 0) is 16.6 Å². The lowest BCUT2D eigenvalue weighted by atomic mass is 10.1. The molecule has 3 rings (SSSR count). The van der Waals surface area contributed by atoms with Gasteiger partial charge < -0.3 is 4.90 Å². The van der Waals surface area contributed by atoms with Crippen molar-refractivity contribution in [3.05, 3.63) is 65.2 Å². The first-order chi connectivity index (χ1) is 14.7. The van der Waals surface area contributed by atoms with Crippen LogP contribution in [0.15, 0.2) is 42.5 Å². The van der Waals surface area contributed by atoms with Crippen molar-refractivity contribution < 1.29 is 22.0 Å². The highest BCUT2D eigenvalue weighted by Gasteiger charge is 2.30. The molecule has 6 nitrogen and oxygen atoms in total. The Hall–Kier alpha value is -2.52. The van der Waals surface area contributed by atoms with Gasteiger partial charge in [-0.1, -0.05) is 6.92 Å². The van der Waals surface area contributed by atoms with Crippen molar-refractivity contribution in [3.63, 3.8) is 0 Å². The third-order valence-corrected chi connectivity index (χ3v) is 6.72. The molecule has 1 atom stereocenters. The maximum atomic E-state index is 13.5. The van der Waals surface area contributed by atoms with Gasteiger partial charge in [0.2, 0.25) is 10.0 Å². The van der Waals surface area contributed by atoms with Crippen molar-refractivity contribution >= 4 is 21.6 Å². The Morgan fingerprint density at radius 3 is 2.29 bits per heavy atom. The minimum absolute atomic E-state index is 0.0294. The SMILES string of the molecule is CC[C@H]1CN(Cc2cc(F)cc(F)c2)CCN1C(=O)c1ccc(NS(=O)(=O)CC)cc1. The quantitative estimate of drug-likeness (QED) is 0.700. The second kappa shape index (κ2) is 9.74. The van der Waals surface area contributed by atoms with Gasteiger partial charge in [0.05, 0.1) is 5.75 Å². The molecule has 0 aromatic heterocycles. The molecule has 1 amide bonds. The monoisotopic (exact) mass is 451 g/mol. The van der Waals surface area contributed by atoms with Crippen LogP contribution in [-0.4, -0.2) is 55.6 Å². The summed E-state index contributed by atoms with van der Waals surface area (Å²) in [6.45, 7) is 5.66. The van der Waals surface area contributed by atoms with Crippen molar-refractivity contribution in [2.45, 2.75) is 32.9 Å². The molecule has 0 unspecified atom stereocenters. The summed E-state index contributed by atoms with van der Waals surface area (Å²) in [5, 5.41) is 0. The van der Waals surface area contributed by atoms with Gasteiger partial charge >= 0.3 is 0 Å². The van der Waals surface area contributed by atoms with E-state index in [0.29, 0.717) is 43.0 Å². The van der Waals surface area contributed by atoms with Gasteiger partial charge in [-0.25, -0.2) is 17.2 Å². The Bertz CT molecular complexity index is 1010. The molecule has 0 aliphatic carbocycles. The highest BCUT2D eigenvalue weighted by atomic mass is 32.2. The molecule has 1 aliphatic heterocycles. The van der Waals surface area contributed by atoms with E-state index in [2.05, 4.69) is 9.62 Å². The van der Waals surface area contributed by atoms with Crippen molar-refractivity contribution in [1.82, 2.24) is 9.80 Å². The summed E-state index contributed by atoms with van der Waals surface area (Å²) in [6.07, 6.45) is 0.744. The topological polar surface area (TPSA) is 69.7 Å². The van der Waals surface area contributed by atoms with E-state index >= 15 is 0 Å². The molecule has 0 radical (unpaired) electrons. The van der Waals surface area contributed by atoms with Crippen LogP contribution in [0.2, 0.25) is 0 Å². The molecule has 168 valence electrons. The predicted octanol–water partition coefficient (Wildman–Crippen LogP) is 3.46. The number of rotatable bonds is 7. The summed E-state index contributed by atoms with van der Waals surface area (Å²) in [4.78, 5) is 17.0. The van der Waals surface area contributed by atoms with Crippen molar-refractivity contribution in [1.29, 1.82) is 0 Å². The van der Waals surface area contributed by atoms with Crippen molar-refractivity contribution in [3.8, 4) is 0 Å². The number of anilines is 1. The average Bonchev–Trinajstić information content (AvgIpc) is 2.72. The molecule has 0 spiro atoms. The molecule has 2 aromatic rings. The highest BCUT2D eigenvalue weighted by molar-refractivity contribution is 7.92. The number of sulfonamides is 1.